The number of hydrogen-bond acceptors (Lipinski definition) is 4. The average Bonchev–Trinajstić information content (AvgIpc) is 2.42. The summed E-state index contributed by atoms with van der Waals surface area (Å²) in [6, 6.07) is 4.57. The van der Waals surface area contributed by atoms with Crippen molar-refractivity contribution >= 4 is 15.7 Å². The molecule has 0 radical (unpaired) electrons. The van der Waals surface area contributed by atoms with Crippen LogP contribution < -0.4 is 5.73 Å². The van der Waals surface area contributed by atoms with Gasteiger partial charge in [0.1, 0.15) is 5.82 Å². The van der Waals surface area contributed by atoms with Gasteiger partial charge in [-0.05, 0) is 37.2 Å². The molecule has 0 fully saturated rings. The molecular formula is C13H19FN2O3S. The molecule has 5 nitrogen and oxygen atoms in total. The van der Waals surface area contributed by atoms with Crippen LogP contribution in [0.1, 0.15) is 12.8 Å². The van der Waals surface area contributed by atoms with Crippen molar-refractivity contribution in [2.45, 2.75) is 17.7 Å². The standard InChI is InChI=1S/C13H19FN2O3S/c1-16(9-2-8-15)13(17)7-10-20(18,19)12-5-3-11(14)4-6-12/h3-6H,2,7-10,15H2,1H3. The zero-order chi connectivity index (χ0) is 15.2. The summed E-state index contributed by atoms with van der Waals surface area (Å²) in [6.07, 6.45) is 0.577. The highest BCUT2D eigenvalue weighted by molar-refractivity contribution is 7.91. The number of hydrogen-bond donors (Lipinski definition) is 1. The Morgan fingerprint density at radius 1 is 1.30 bits per heavy atom. The molecule has 0 heterocycles. The van der Waals surface area contributed by atoms with Crippen molar-refractivity contribution in [2.75, 3.05) is 25.9 Å². The van der Waals surface area contributed by atoms with E-state index in [0.717, 1.165) is 12.1 Å². The Balaban J connectivity index is 2.59. The predicted molar refractivity (Wildman–Crippen MR) is 74.4 cm³/mol. The number of nitrogens with zero attached hydrogens (tertiary/aromatic N) is 1. The molecule has 0 spiro atoms. The van der Waals surface area contributed by atoms with E-state index in [1.165, 1.54) is 17.0 Å². The second-order valence-corrected chi connectivity index (χ2v) is 6.59. The van der Waals surface area contributed by atoms with Crippen molar-refractivity contribution in [1.82, 2.24) is 4.90 Å². The maximum Gasteiger partial charge on any atom is 0.223 e. The predicted octanol–water partition coefficient (Wildman–Crippen LogP) is 0.797. The van der Waals surface area contributed by atoms with Crippen LogP contribution in [0, 0.1) is 5.82 Å². The van der Waals surface area contributed by atoms with Crippen molar-refractivity contribution in [2.24, 2.45) is 5.73 Å². The molecule has 0 atom stereocenters. The second kappa shape index (κ2) is 7.35. The summed E-state index contributed by atoms with van der Waals surface area (Å²) >= 11 is 0. The Labute approximate surface area is 118 Å². The zero-order valence-corrected chi connectivity index (χ0v) is 12.2. The zero-order valence-electron chi connectivity index (χ0n) is 11.4. The molecule has 0 unspecified atom stereocenters. The van der Waals surface area contributed by atoms with E-state index < -0.39 is 15.7 Å². The lowest BCUT2D eigenvalue weighted by atomic mass is 10.3. The first-order chi connectivity index (χ1) is 9.36. The number of benzene rings is 1. The summed E-state index contributed by atoms with van der Waals surface area (Å²) in [6.45, 7) is 0.984. The minimum Gasteiger partial charge on any atom is -0.346 e. The maximum atomic E-state index is 12.7. The third-order valence-electron chi connectivity index (χ3n) is 2.88. The molecule has 0 aromatic heterocycles. The number of halogens is 1. The lowest BCUT2D eigenvalue weighted by Crippen LogP contribution is -2.30. The molecule has 112 valence electrons. The summed E-state index contributed by atoms with van der Waals surface area (Å²) in [4.78, 5) is 13.2. The van der Waals surface area contributed by atoms with Gasteiger partial charge in [0.15, 0.2) is 9.84 Å². The van der Waals surface area contributed by atoms with E-state index in [9.17, 15) is 17.6 Å². The molecule has 1 amide bonds. The molecule has 2 N–H and O–H groups in total. The van der Waals surface area contributed by atoms with Gasteiger partial charge in [0.2, 0.25) is 5.91 Å². The van der Waals surface area contributed by atoms with Gasteiger partial charge >= 0.3 is 0 Å². The fourth-order valence-corrected chi connectivity index (χ4v) is 2.86. The molecule has 0 saturated carbocycles. The minimum atomic E-state index is -3.56. The molecule has 1 aromatic rings. The van der Waals surface area contributed by atoms with Gasteiger partial charge in [-0.3, -0.25) is 4.79 Å². The van der Waals surface area contributed by atoms with Crippen LogP contribution in [-0.2, 0) is 14.6 Å². The van der Waals surface area contributed by atoms with Crippen molar-refractivity contribution in [3.05, 3.63) is 30.1 Å². The van der Waals surface area contributed by atoms with Crippen LogP contribution in [0.4, 0.5) is 4.39 Å². The first-order valence-corrected chi connectivity index (χ1v) is 7.94. The summed E-state index contributed by atoms with van der Waals surface area (Å²) < 4.78 is 36.7. The van der Waals surface area contributed by atoms with Crippen LogP contribution in [0.5, 0.6) is 0 Å². The average molecular weight is 302 g/mol. The van der Waals surface area contributed by atoms with Gasteiger partial charge in [0.25, 0.3) is 0 Å². The van der Waals surface area contributed by atoms with E-state index in [2.05, 4.69) is 0 Å². The van der Waals surface area contributed by atoms with Gasteiger partial charge in [0, 0.05) is 20.0 Å². The van der Waals surface area contributed by atoms with Gasteiger partial charge in [-0.2, -0.15) is 0 Å². The fourth-order valence-electron chi connectivity index (χ4n) is 1.63. The van der Waals surface area contributed by atoms with Gasteiger partial charge < -0.3 is 10.6 Å². The molecule has 1 rings (SSSR count). The Morgan fingerprint density at radius 2 is 1.90 bits per heavy atom. The Bertz CT molecular complexity index is 543. The van der Waals surface area contributed by atoms with Gasteiger partial charge in [0.05, 0.1) is 10.6 Å². The Hall–Kier alpha value is -1.47. The number of sulfone groups is 1. The Kier molecular flexibility index (Phi) is 6.09. The van der Waals surface area contributed by atoms with Crippen LogP contribution in [0.25, 0.3) is 0 Å². The normalized spacial score (nSPS) is 11.3. The lowest BCUT2D eigenvalue weighted by molar-refractivity contribution is -0.129. The van der Waals surface area contributed by atoms with Crippen LogP contribution in [0.3, 0.4) is 0 Å². The number of carbonyl (C=O) groups is 1. The fraction of sp³-hybridized carbons (Fsp3) is 0.462. The molecule has 0 saturated heterocycles. The first kappa shape index (κ1) is 16.6. The van der Waals surface area contributed by atoms with Gasteiger partial charge in [-0.1, -0.05) is 0 Å². The van der Waals surface area contributed by atoms with Crippen LogP contribution in [0.2, 0.25) is 0 Å². The molecule has 0 aliphatic heterocycles. The molecule has 0 aliphatic rings. The summed E-state index contributed by atoms with van der Waals surface area (Å²) in [5.41, 5.74) is 5.34. The van der Waals surface area contributed by atoms with E-state index in [4.69, 9.17) is 5.73 Å². The molecule has 1 aromatic carbocycles. The highest BCUT2D eigenvalue weighted by Crippen LogP contribution is 2.13. The molecular weight excluding hydrogens is 283 g/mol. The highest BCUT2D eigenvalue weighted by atomic mass is 32.2. The minimum absolute atomic E-state index is 0.0244. The van der Waals surface area contributed by atoms with Gasteiger partial charge in [-0.25, -0.2) is 12.8 Å². The number of carbonyl (C=O) groups excluding carboxylic acids is 1. The van der Waals surface area contributed by atoms with Gasteiger partial charge in [-0.15, -0.1) is 0 Å². The first-order valence-electron chi connectivity index (χ1n) is 6.29. The topological polar surface area (TPSA) is 80.5 Å². The smallest absolute Gasteiger partial charge is 0.223 e. The third-order valence-corrected chi connectivity index (χ3v) is 4.61. The van der Waals surface area contributed by atoms with Crippen molar-refractivity contribution < 1.29 is 17.6 Å². The van der Waals surface area contributed by atoms with E-state index >= 15 is 0 Å². The highest BCUT2D eigenvalue weighted by Gasteiger charge is 2.18. The van der Waals surface area contributed by atoms with Crippen LogP contribution in [0.15, 0.2) is 29.2 Å². The van der Waals surface area contributed by atoms with Crippen LogP contribution in [-0.4, -0.2) is 45.1 Å². The SMILES string of the molecule is CN(CCCN)C(=O)CCS(=O)(=O)c1ccc(F)cc1. The van der Waals surface area contributed by atoms with E-state index in [-0.39, 0.29) is 23.0 Å². The Morgan fingerprint density at radius 3 is 2.45 bits per heavy atom. The number of amides is 1. The largest absolute Gasteiger partial charge is 0.346 e. The lowest BCUT2D eigenvalue weighted by Gasteiger charge is -2.16. The molecule has 20 heavy (non-hydrogen) atoms. The molecule has 0 bridgehead atoms. The summed E-state index contributed by atoms with van der Waals surface area (Å²) in [5, 5.41) is 0. The second-order valence-electron chi connectivity index (χ2n) is 4.48. The van der Waals surface area contributed by atoms with Crippen LogP contribution >= 0.6 is 0 Å². The van der Waals surface area contributed by atoms with Crippen molar-refractivity contribution in [1.29, 1.82) is 0 Å². The quantitative estimate of drug-likeness (QED) is 0.755. The number of rotatable bonds is 7. The maximum absolute atomic E-state index is 12.7. The monoisotopic (exact) mass is 302 g/mol. The van der Waals surface area contributed by atoms with E-state index in [0.29, 0.717) is 19.5 Å². The van der Waals surface area contributed by atoms with E-state index in [1.807, 2.05) is 0 Å². The summed E-state index contributed by atoms with van der Waals surface area (Å²) in [7, 11) is -1.95. The van der Waals surface area contributed by atoms with E-state index in [1.54, 1.807) is 7.05 Å². The van der Waals surface area contributed by atoms with Crippen molar-refractivity contribution in [3.8, 4) is 0 Å². The third kappa shape index (κ3) is 4.90. The molecule has 7 heteroatoms. The molecule has 0 aliphatic carbocycles. The number of nitrogens with two attached hydrogens (primary N) is 1. The summed E-state index contributed by atoms with van der Waals surface area (Å²) in [5.74, 6) is -1.03. The van der Waals surface area contributed by atoms with Crippen molar-refractivity contribution in [3.63, 3.8) is 0 Å².